The number of amides is 1. The zero-order valence-electron chi connectivity index (χ0n) is 14.1. The Morgan fingerprint density at radius 1 is 1.29 bits per heavy atom. The van der Waals surface area contributed by atoms with E-state index in [-0.39, 0.29) is 48.7 Å². The van der Waals surface area contributed by atoms with Crippen LogP contribution in [-0.2, 0) is 14.3 Å². The van der Waals surface area contributed by atoms with Crippen molar-refractivity contribution in [3.63, 3.8) is 0 Å². The molecule has 1 aliphatic carbocycles. The number of benzene rings is 1. The van der Waals surface area contributed by atoms with E-state index in [0.29, 0.717) is 6.42 Å². The molecule has 0 radical (unpaired) electrons. The van der Waals surface area contributed by atoms with Gasteiger partial charge in [-0.2, -0.15) is 0 Å². The Balaban J connectivity index is 0.00000288. The predicted octanol–water partition coefficient (Wildman–Crippen LogP) is 2.74. The maximum Gasteiger partial charge on any atom is 0.305 e. The Kier molecular flexibility index (Phi) is 8.79. The van der Waals surface area contributed by atoms with E-state index in [0.717, 1.165) is 31.2 Å². The number of methoxy groups -OCH3 is 1. The van der Waals surface area contributed by atoms with E-state index in [2.05, 4.69) is 5.32 Å². The van der Waals surface area contributed by atoms with Gasteiger partial charge in [0, 0.05) is 18.4 Å². The van der Waals surface area contributed by atoms with Crippen LogP contribution in [0.25, 0.3) is 0 Å². The Morgan fingerprint density at radius 2 is 2.00 bits per heavy atom. The van der Waals surface area contributed by atoms with Gasteiger partial charge in [0.05, 0.1) is 13.2 Å². The second-order valence-corrected chi connectivity index (χ2v) is 6.21. The molecule has 1 fully saturated rings. The SMILES string of the molecule is COC(=O)CCC(NC(=O)C1CCCC(N)C1)c1ccccc1.Cl. The van der Waals surface area contributed by atoms with E-state index in [1.807, 2.05) is 30.3 Å². The minimum absolute atomic E-state index is 0. The highest BCUT2D eigenvalue weighted by Crippen LogP contribution is 2.25. The lowest BCUT2D eigenvalue weighted by Crippen LogP contribution is -2.39. The summed E-state index contributed by atoms with van der Waals surface area (Å²) >= 11 is 0. The van der Waals surface area contributed by atoms with Gasteiger partial charge in [0.2, 0.25) is 5.91 Å². The standard InChI is InChI=1S/C18H26N2O3.ClH/c1-23-17(21)11-10-16(13-6-3-2-4-7-13)20-18(22)14-8-5-9-15(19)12-14;/h2-4,6-7,14-16H,5,8-12,19H2,1H3,(H,20,22);1H. The van der Waals surface area contributed by atoms with Gasteiger partial charge >= 0.3 is 5.97 Å². The lowest BCUT2D eigenvalue weighted by molar-refractivity contribution is -0.141. The van der Waals surface area contributed by atoms with Crippen LogP contribution in [0.3, 0.4) is 0 Å². The molecule has 1 aromatic rings. The molecular weight excluding hydrogens is 328 g/mol. The van der Waals surface area contributed by atoms with Gasteiger partial charge in [-0.05, 0) is 31.2 Å². The van der Waals surface area contributed by atoms with Crippen LogP contribution in [0.4, 0.5) is 0 Å². The highest BCUT2D eigenvalue weighted by Gasteiger charge is 2.27. The number of nitrogens with one attached hydrogen (secondary N) is 1. The van der Waals surface area contributed by atoms with Gasteiger partial charge in [-0.1, -0.05) is 36.8 Å². The molecule has 3 unspecified atom stereocenters. The summed E-state index contributed by atoms with van der Waals surface area (Å²) in [7, 11) is 1.38. The summed E-state index contributed by atoms with van der Waals surface area (Å²) < 4.78 is 4.70. The molecular formula is C18H27ClN2O3. The topological polar surface area (TPSA) is 81.4 Å². The van der Waals surface area contributed by atoms with Crippen molar-refractivity contribution in [2.75, 3.05) is 7.11 Å². The molecule has 0 saturated heterocycles. The summed E-state index contributed by atoms with van der Waals surface area (Å²) in [5, 5.41) is 3.10. The minimum Gasteiger partial charge on any atom is -0.469 e. The summed E-state index contributed by atoms with van der Waals surface area (Å²) in [5.74, 6) is -0.248. The first kappa shape index (κ1) is 20.5. The highest BCUT2D eigenvalue weighted by atomic mass is 35.5. The van der Waals surface area contributed by atoms with E-state index in [4.69, 9.17) is 10.5 Å². The van der Waals surface area contributed by atoms with Crippen molar-refractivity contribution < 1.29 is 14.3 Å². The fourth-order valence-corrected chi connectivity index (χ4v) is 3.13. The molecule has 1 aliphatic rings. The van der Waals surface area contributed by atoms with Crippen molar-refractivity contribution in [1.82, 2.24) is 5.32 Å². The molecule has 1 amide bonds. The Hall–Kier alpha value is -1.59. The smallest absolute Gasteiger partial charge is 0.305 e. The molecule has 0 heterocycles. The van der Waals surface area contributed by atoms with E-state index in [1.165, 1.54) is 7.11 Å². The molecule has 24 heavy (non-hydrogen) atoms. The number of halogens is 1. The van der Waals surface area contributed by atoms with Gasteiger partial charge in [-0.25, -0.2) is 0 Å². The second kappa shape index (κ2) is 10.3. The third kappa shape index (κ3) is 6.13. The quantitative estimate of drug-likeness (QED) is 0.769. The lowest BCUT2D eigenvalue weighted by Gasteiger charge is -2.28. The molecule has 2 rings (SSSR count). The van der Waals surface area contributed by atoms with Crippen LogP contribution >= 0.6 is 12.4 Å². The normalized spacial score (nSPS) is 21.2. The summed E-state index contributed by atoms with van der Waals surface area (Å²) in [6.07, 6.45) is 4.43. The third-order valence-corrected chi connectivity index (χ3v) is 4.47. The Morgan fingerprint density at radius 3 is 2.62 bits per heavy atom. The van der Waals surface area contributed by atoms with Crippen molar-refractivity contribution in [2.45, 2.75) is 50.6 Å². The predicted molar refractivity (Wildman–Crippen MR) is 95.8 cm³/mol. The first-order chi connectivity index (χ1) is 11.1. The van der Waals surface area contributed by atoms with Crippen LogP contribution in [-0.4, -0.2) is 25.0 Å². The maximum atomic E-state index is 12.6. The van der Waals surface area contributed by atoms with Crippen molar-refractivity contribution in [2.24, 2.45) is 11.7 Å². The van der Waals surface area contributed by atoms with E-state index in [1.54, 1.807) is 0 Å². The van der Waals surface area contributed by atoms with Gasteiger partial charge in [0.1, 0.15) is 0 Å². The average molecular weight is 355 g/mol. The van der Waals surface area contributed by atoms with Gasteiger partial charge in [-0.15, -0.1) is 12.4 Å². The summed E-state index contributed by atoms with van der Waals surface area (Å²) in [6.45, 7) is 0. The zero-order chi connectivity index (χ0) is 16.7. The molecule has 1 saturated carbocycles. The fourth-order valence-electron chi connectivity index (χ4n) is 3.13. The Bertz CT molecular complexity index is 524. The van der Waals surface area contributed by atoms with Crippen LogP contribution in [0.15, 0.2) is 30.3 Å². The monoisotopic (exact) mass is 354 g/mol. The van der Waals surface area contributed by atoms with E-state index < -0.39 is 0 Å². The summed E-state index contributed by atoms with van der Waals surface area (Å²) in [4.78, 5) is 24.0. The van der Waals surface area contributed by atoms with Crippen LogP contribution in [0.1, 0.15) is 50.1 Å². The van der Waals surface area contributed by atoms with Gasteiger partial charge in [0.25, 0.3) is 0 Å². The van der Waals surface area contributed by atoms with Crippen molar-refractivity contribution in [3.8, 4) is 0 Å². The first-order valence-electron chi connectivity index (χ1n) is 8.28. The third-order valence-electron chi connectivity index (χ3n) is 4.47. The van der Waals surface area contributed by atoms with Crippen molar-refractivity contribution in [1.29, 1.82) is 0 Å². The first-order valence-corrected chi connectivity index (χ1v) is 8.28. The number of rotatable bonds is 6. The molecule has 0 aromatic heterocycles. The van der Waals surface area contributed by atoms with Crippen molar-refractivity contribution in [3.05, 3.63) is 35.9 Å². The molecule has 3 atom stereocenters. The molecule has 0 aliphatic heterocycles. The number of carbonyl (C=O) groups excluding carboxylic acids is 2. The number of hydrogen-bond donors (Lipinski definition) is 2. The summed E-state index contributed by atoms with van der Waals surface area (Å²) in [5.41, 5.74) is 6.98. The molecule has 0 spiro atoms. The molecule has 134 valence electrons. The molecule has 5 nitrogen and oxygen atoms in total. The van der Waals surface area contributed by atoms with Gasteiger partial charge in [0.15, 0.2) is 0 Å². The number of esters is 1. The highest BCUT2D eigenvalue weighted by molar-refractivity contribution is 5.85. The van der Waals surface area contributed by atoms with E-state index >= 15 is 0 Å². The molecule has 6 heteroatoms. The fraction of sp³-hybridized carbons (Fsp3) is 0.556. The van der Waals surface area contributed by atoms with E-state index in [9.17, 15) is 9.59 Å². The molecule has 1 aromatic carbocycles. The average Bonchev–Trinajstić information content (AvgIpc) is 2.58. The minimum atomic E-state index is -0.264. The second-order valence-electron chi connectivity index (χ2n) is 6.21. The van der Waals surface area contributed by atoms with Crippen LogP contribution in [0, 0.1) is 5.92 Å². The Labute approximate surface area is 149 Å². The maximum absolute atomic E-state index is 12.6. The number of hydrogen-bond acceptors (Lipinski definition) is 4. The molecule has 3 N–H and O–H groups in total. The van der Waals surface area contributed by atoms with Crippen molar-refractivity contribution >= 4 is 24.3 Å². The van der Waals surface area contributed by atoms with Gasteiger partial charge in [-0.3, -0.25) is 9.59 Å². The number of nitrogens with two attached hydrogens (primary N) is 1. The largest absolute Gasteiger partial charge is 0.469 e. The lowest BCUT2D eigenvalue weighted by atomic mass is 9.85. The van der Waals surface area contributed by atoms with Crippen LogP contribution in [0.2, 0.25) is 0 Å². The van der Waals surface area contributed by atoms with Gasteiger partial charge < -0.3 is 15.8 Å². The number of carbonyl (C=O) groups is 2. The van der Waals surface area contributed by atoms with Crippen LogP contribution < -0.4 is 11.1 Å². The zero-order valence-corrected chi connectivity index (χ0v) is 14.9. The summed E-state index contributed by atoms with van der Waals surface area (Å²) in [6, 6.07) is 9.67. The van der Waals surface area contributed by atoms with Crippen LogP contribution in [0.5, 0.6) is 0 Å². The molecule has 0 bridgehead atoms. The number of ether oxygens (including phenoxy) is 1.